The predicted octanol–water partition coefficient (Wildman–Crippen LogP) is 9.45. The van der Waals surface area contributed by atoms with Crippen LogP contribution >= 0.6 is 22.9 Å². The van der Waals surface area contributed by atoms with Crippen molar-refractivity contribution in [2.45, 2.75) is 66.6 Å². The second kappa shape index (κ2) is 12.9. The Balaban J connectivity index is 1.69. The number of anilines is 1. The smallest absolute Gasteiger partial charge is 0.337 e. The minimum absolute atomic E-state index is 0.598. The van der Waals surface area contributed by atoms with Crippen LogP contribution in [0.3, 0.4) is 0 Å². The van der Waals surface area contributed by atoms with Gasteiger partial charge in [-0.05, 0) is 101 Å². The average Bonchev–Trinajstić information content (AvgIpc) is 3.39. The van der Waals surface area contributed by atoms with Crippen molar-refractivity contribution in [3.63, 3.8) is 0 Å². The zero-order chi connectivity index (χ0) is 32.6. The monoisotopic (exact) mass is 642 g/mol. The van der Waals surface area contributed by atoms with E-state index in [1.54, 1.807) is 0 Å². The quantitative estimate of drug-likeness (QED) is 0.171. The lowest BCUT2D eigenvalue weighted by atomic mass is 9.91. The van der Waals surface area contributed by atoms with E-state index in [4.69, 9.17) is 21.3 Å². The summed E-state index contributed by atoms with van der Waals surface area (Å²) in [5.41, 5.74) is 8.88. The van der Waals surface area contributed by atoms with Gasteiger partial charge in [-0.1, -0.05) is 36.7 Å². The number of carboxylic acids is 1. The van der Waals surface area contributed by atoms with Gasteiger partial charge in [0, 0.05) is 46.6 Å². The lowest BCUT2D eigenvalue weighted by Crippen LogP contribution is -2.28. The molecule has 1 atom stereocenters. The number of nitrogens with zero attached hydrogens (tertiary/aromatic N) is 4. The minimum atomic E-state index is -1.18. The van der Waals surface area contributed by atoms with Gasteiger partial charge in [0.05, 0.1) is 27.2 Å². The normalized spacial score (nSPS) is 12.5. The fraction of sp³-hybridized carbons (Fsp3) is 0.333. The number of benzene rings is 3. The number of hydrogen-bond acceptors (Lipinski definition) is 7. The van der Waals surface area contributed by atoms with Crippen LogP contribution in [0.15, 0.2) is 54.6 Å². The first kappa shape index (κ1) is 32.5. The van der Waals surface area contributed by atoms with Crippen molar-refractivity contribution < 1.29 is 14.6 Å². The molecule has 2 aromatic heterocycles. The number of carbonyl (C=O) groups is 1. The summed E-state index contributed by atoms with van der Waals surface area (Å²) in [7, 11) is 2.11. The molecule has 0 spiro atoms. The first-order chi connectivity index (χ1) is 21.3. The molecule has 3 aromatic carbocycles. The van der Waals surface area contributed by atoms with Gasteiger partial charge in [0.2, 0.25) is 0 Å². The van der Waals surface area contributed by atoms with Crippen LogP contribution in [0.25, 0.3) is 43.2 Å². The van der Waals surface area contributed by atoms with Crippen LogP contribution in [0.4, 0.5) is 5.69 Å². The number of halogens is 1. The summed E-state index contributed by atoms with van der Waals surface area (Å²) in [6, 6.07) is 17.8. The third kappa shape index (κ3) is 6.88. The summed E-state index contributed by atoms with van der Waals surface area (Å²) < 4.78 is 7.03. The maximum Gasteiger partial charge on any atom is 0.337 e. The molecule has 7 nitrogen and oxygen atoms in total. The molecule has 234 valence electrons. The number of fused-ring (bicyclic) bond motifs is 1. The Morgan fingerprint density at radius 1 is 1.00 bits per heavy atom. The van der Waals surface area contributed by atoms with Crippen LogP contribution < -0.4 is 4.90 Å². The van der Waals surface area contributed by atoms with E-state index in [1.165, 1.54) is 22.6 Å². The molecule has 5 rings (SSSR count). The zero-order valence-electron chi connectivity index (χ0n) is 27.0. The summed E-state index contributed by atoms with van der Waals surface area (Å²) in [6.07, 6.45) is -0.0994. The standard InChI is InChI=1S/C36H39ClN4O3S/c1-9-16-41(8)29-15-12-24(17-20(29)2)27-19-26(22(4)39-40-27)34-38-28-18-21(3)30(32(35(42)43)44-36(5,6)7)31(33(28)45-34)23-10-13-25(37)14-11-23/h10-15,17-19,32H,9,16H2,1-8H3,(H,42,43). The van der Waals surface area contributed by atoms with E-state index in [9.17, 15) is 9.90 Å². The van der Waals surface area contributed by atoms with E-state index in [0.717, 1.165) is 67.4 Å². The average molecular weight is 643 g/mol. The highest BCUT2D eigenvalue weighted by Gasteiger charge is 2.32. The van der Waals surface area contributed by atoms with Gasteiger partial charge in [-0.15, -0.1) is 11.3 Å². The maximum absolute atomic E-state index is 12.7. The molecule has 0 aliphatic carbocycles. The molecule has 0 saturated carbocycles. The van der Waals surface area contributed by atoms with Gasteiger partial charge in [0.15, 0.2) is 6.10 Å². The van der Waals surface area contributed by atoms with Crippen molar-refractivity contribution in [1.82, 2.24) is 15.2 Å². The van der Waals surface area contributed by atoms with Gasteiger partial charge in [-0.25, -0.2) is 9.78 Å². The highest BCUT2D eigenvalue weighted by molar-refractivity contribution is 7.22. The lowest BCUT2D eigenvalue weighted by molar-refractivity contribution is -0.160. The molecule has 0 amide bonds. The summed E-state index contributed by atoms with van der Waals surface area (Å²) in [5, 5.41) is 20.8. The van der Waals surface area contributed by atoms with Crippen molar-refractivity contribution in [1.29, 1.82) is 0 Å². The van der Waals surface area contributed by atoms with E-state index in [1.807, 2.05) is 71.0 Å². The SMILES string of the molecule is CCCN(C)c1ccc(-c2cc(-c3nc4cc(C)c(C(OC(C)(C)C)C(=O)O)c(-c5ccc(Cl)cc5)c4s3)c(C)nn2)cc1C. The second-order valence-corrected chi connectivity index (χ2v) is 13.9. The number of aromatic nitrogens is 3. The number of hydrogen-bond donors (Lipinski definition) is 1. The van der Waals surface area contributed by atoms with Crippen LogP contribution in [-0.2, 0) is 9.53 Å². The molecule has 9 heteroatoms. The third-order valence-electron chi connectivity index (χ3n) is 7.69. The molecule has 2 heterocycles. The largest absolute Gasteiger partial charge is 0.479 e. The van der Waals surface area contributed by atoms with E-state index in [-0.39, 0.29) is 0 Å². The van der Waals surface area contributed by atoms with Crippen LogP contribution in [0.5, 0.6) is 0 Å². The molecule has 1 N–H and O–H groups in total. The van der Waals surface area contributed by atoms with E-state index >= 15 is 0 Å². The fourth-order valence-electron chi connectivity index (χ4n) is 5.66. The van der Waals surface area contributed by atoms with Gasteiger partial charge < -0.3 is 14.7 Å². The number of thiazole rings is 1. The molecule has 1 unspecified atom stereocenters. The summed E-state index contributed by atoms with van der Waals surface area (Å²) in [6.45, 7) is 14.7. The van der Waals surface area contributed by atoms with Gasteiger partial charge in [0.25, 0.3) is 0 Å². The molecule has 0 radical (unpaired) electrons. The Morgan fingerprint density at radius 3 is 2.31 bits per heavy atom. The maximum atomic E-state index is 12.7. The number of aliphatic carboxylic acids is 1. The van der Waals surface area contributed by atoms with Gasteiger partial charge in [0.1, 0.15) is 5.01 Å². The van der Waals surface area contributed by atoms with E-state index in [0.29, 0.717) is 10.6 Å². The second-order valence-electron chi connectivity index (χ2n) is 12.5. The number of aryl methyl sites for hydroxylation is 3. The highest BCUT2D eigenvalue weighted by atomic mass is 35.5. The minimum Gasteiger partial charge on any atom is -0.479 e. The summed E-state index contributed by atoms with van der Waals surface area (Å²) >= 11 is 7.77. The molecular weight excluding hydrogens is 604 g/mol. The van der Waals surface area contributed by atoms with Gasteiger partial charge in [-0.2, -0.15) is 10.2 Å². The van der Waals surface area contributed by atoms with Gasteiger partial charge in [-0.3, -0.25) is 0 Å². The van der Waals surface area contributed by atoms with E-state index < -0.39 is 17.7 Å². The predicted molar refractivity (Wildman–Crippen MR) is 186 cm³/mol. The third-order valence-corrected chi connectivity index (χ3v) is 9.06. The van der Waals surface area contributed by atoms with Crippen molar-refractivity contribution in [3.05, 3.63) is 82.0 Å². The summed E-state index contributed by atoms with van der Waals surface area (Å²) in [4.78, 5) is 20.0. The van der Waals surface area contributed by atoms with Gasteiger partial charge >= 0.3 is 5.97 Å². The molecule has 45 heavy (non-hydrogen) atoms. The Kier molecular flexibility index (Phi) is 9.31. The Hall–Kier alpha value is -3.85. The lowest BCUT2D eigenvalue weighted by Gasteiger charge is -2.28. The van der Waals surface area contributed by atoms with Crippen molar-refractivity contribution in [2.75, 3.05) is 18.5 Å². The van der Waals surface area contributed by atoms with Crippen molar-refractivity contribution >= 4 is 44.8 Å². The zero-order valence-corrected chi connectivity index (χ0v) is 28.6. The van der Waals surface area contributed by atoms with Crippen molar-refractivity contribution in [2.24, 2.45) is 0 Å². The molecule has 0 aliphatic heterocycles. The van der Waals surface area contributed by atoms with Crippen LogP contribution in [0.1, 0.15) is 62.6 Å². The number of ether oxygens (including phenoxy) is 1. The Bertz CT molecular complexity index is 1880. The van der Waals surface area contributed by atoms with E-state index in [2.05, 4.69) is 54.2 Å². The molecular formula is C36H39ClN4O3S. The van der Waals surface area contributed by atoms with Crippen LogP contribution in [0, 0.1) is 20.8 Å². The number of carboxylic acid groups (broad SMARTS) is 1. The topological polar surface area (TPSA) is 88.4 Å². The first-order valence-electron chi connectivity index (χ1n) is 15.0. The van der Waals surface area contributed by atoms with Crippen LogP contribution in [-0.4, -0.2) is 45.5 Å². The highest BCUT2D eigenvalue weighted by Crippen LogP contribution is 2.45. The van der Waals surface area contributed by atoms with Crippen LogP contribution in [0.2, 0.25) is 5.02 Å². The number of rotatable bonds is 9. The molecule has 5 aromatic rings. The fourth-order valence-corrected chi connectivity index (χ4v) is 6.98. The summed E-state index contributed by atoms with van der Waals surface area (Å²) in [5.74, 6) is -1.05. The Labute approximate surface area is 273 Å². The van der Waals surface area contributed by atoms with Crippen molar-refractivity contribution in [3.8, 4) is 33.0 Å². The Morgan fingerprint density at radius 2 is 1.69 bits per heavy atom. The molecule has 0 fully saturated rings. The molecule has 0 saturated heterocycles. The molecule has 0 aliphatic rings. The first-order valence-corrected chi connectivity index (χ1v) is 16.2. The molecule has 0 bridgehead atoms.